The fraction of sp³-hybridized carbons (Fsp3) is 0.500. The van der Waals surface area contributed by atoms with Crippen LogP contribution in [-0.2, 0) is 6.54 Å². The van der Waals surface area contributed by atoms with Gasteiger partial charge in [-0.15, -0.1) is 11.3 Å². The second-order valence-corrected chi connectivity index (χ2v) is 5.68. The summed E-state index contributed by atoms with van der Waals surface area (Å²) in [5, 5.41) is 15.5. The standard InChI is InChI=1S/C12H17N3O2S/c1-8-5-13-11(18-8)6-14-12(17)15-10-3-2-9(4-10)7-16/h2-3,5,9-10,16H,4,6-7H2,1H3,(H2,14,15,17)/t9-,10+/m0/s1. The van der Waals surface area contributed by atoms with E-state index in [0.717, 1.165) is 16.3 Å². The van der Waals surface area contributed by atoms with Crippen LogP contribution in [0.3, 0.4) is 0 Å². The monoisotopic (exact) mass is 267 g/mol. The summed E-state index contributed by atoms with van der Waals surface area (Å²) in [6.45, 7) is 2.57. The third-order valence-corrected chi connectivity index (χ3v) is 3.71. The lowest BCUT2D eigenvalue weighted by Crippen LogP contribution is -2.40. The van der Waals surface area contributed by atoms with Crippen molar-refractivity contribution in [2.45, 2.75) is 25.9 Å². The third-order valence-electron chi connectivity index (χ3n) is 2.79. The topological polar surface area (TPSA) is 74.2 Å². The average molecular weight is 267 g/mol. The van der Waals surface area contributed by atoms with Crippen molar-refractivity contribution in [3.05, 3.63) is 28.2 Å². The fourth-order valence-corrected chi connectivity index (χ4v) is 2.60. The van der Waals surface area contributed by atoms with Crippen molar-refractivity contribution in [2.75, 3.05) is 6.61 Å². The van der Waals surface area contributed by atoms with Crippen molar-refractivity contribution in [2.24, 2.45) is 5.92 Å². The van der Waals surface area contributed by atoms with E-state index in [1.165, 1.54) is 0 Å². The molecule has 0 aromatic carbocycles. The quantitative estimate of drug-likeness (QED) is 0.717. The molecule has 1 aromatic rings. The molecule has 0 unspecified atom stereocenters. The Labute approximate surface area is 110 Å². The van der Waals surface area contributed by atoms with Gasteiger partial charge >= 0.3 is 6.03 Å². The van der Waals surface area contributed by atoms with Crippen LogP contribution in [0.25, 0.3) is 0 Å². The van der Waals surface area contributed by atoms with Gasteiger partial charge in [0.1, 0.15) is 5.01 Å². The lowest BCUT2D eigenvalue weighted by molar-refractivity contribution is 0.231. The van der Waals surface area contributed by atoms with E-state index in [1.807, 2.05) is 19.1 Å². The number of carbonyl (C=O) groups excluding carboxylic acids is 1. The van der Waals surface area contributed by atoms with Gasteiger partial charge in [0.25, 0.3) is 0 Å². The van der Waals surface area contributed by atoms with Crippen LogP contribution in [0.1, 0.15) is 16.3 Å². The predicted molar refractivity (Wildman–Crippen MR) is 70.3 cm³/mol. The van der Waals surface area contributed by atoms with E-state index in [4.69, 9.17) is 5.11 Å². The maximum absolute atomic E-state index is 11.6. The molecule has 18 heavy (non-hydrogen) atoms. The summed E-state index contributed by atoms with van der Waals surface area (Å²) in [5.74, 6) is 0.164. The molecule has 1 heterocycles. The Hall–Kier alpha value is -1.40. The van der Waals surface area contributed by atoms with Crippen molar-refractivity contribution < 1.29 is 9.90 Å². The van der Waals surface area contributed by atoms with E-state index < -0.39 is 0 Å². The first-order chi connectivity index (χ1) is 8.67. The number of rotatable bonds is 4. The van der Waals surface area contributed by atoms with Crippen LogP contribution in [0.2, 0.25) is 0 Å². The molecule has 0 fully saturated rings. The number of aliphatic hydroxyl groups is 1. The molecule has 1 aliphatic rings. The molecule has 2 amide bonds. The van der Waals surface area contributed by atoms with Crippen LogP contribution in [0.5, 0.6) is 0 Å². The minimum Gasteiger partial charge on any atom is -0.396 e. The fourth-order valence-electron chi connectivity index (χ4n) is 1.88. The van der Waals surface area contributed by atoms with E-state index in [1.54, 1.807) is 17.5 Å². The van der Waals surface area contributed by atoms with Crippen LogP contribution in [0.4, 0.5) is 4.79 Å². The molecule has 0 spiro atoms. The first-order valence-corrected chi connectivity index (χ1v) is 6.74. The molecule has 1 aliphatic carbocycles. The summed E-state index contributed by atoms with van der Waals surface area (Å²) in [6.07, 6.45) is 6.43. The number of aromatic nitrogens is 1. The number of aliphatic hydroxyl groups excluding tert-OH is 1. The van der Waals surface area contributed by atoms with E-state index in [2.05, 4.69) is 15.6 Å². The van der Waals surface area contributed by atoms with Gasteiger partial charge in [-0.1, -0.05) is 12.2 Å². The van der Waals surface area contributed by atoms with Gasteiger partial charge in [-0.3, -0.25) is 0 Å². The number of aryl methyl sites for hydroxylation is 1. The van der Waals surface area contributed by atoms with Gasteiger partial charge < -0.3 is 15.7 Å². The molecule has 6 heteroatoms. The SMILES string of the molecule is Cc1cnc(CNC(=O)N[C@@H]2C=C[C@H](CO)C2)s1. The Morgan fingerprint density at radius 1 is 1.61 bits per heavy atom. The zero-order valence-corrected chi connectivity index (χ0v) is 11.0. The van der Waals surface area contributed by atoms with Gasteiger partial charge in [-0.2, -0.15) is 0 Å². The maximum Gasteiger partial charge on any atom is 0.315 e. The first-order valence-electron chi connectivity index (χ1n) is 5.92. The number of thiazole rings is 1. The highest BCUT2D eigenvalue weighted by atomic mass is 32.1. The number of hydrogen-bond donors (Lipinski definition) is 3. The van der Waals surface area contributed by atoms with Gasteiger partial charge in [0, 0.05) is 29.6 Å². The second-order valence-electron chi connectivity index (χ2n) is 4.36. The molecule has 1 aromatic heterocycles. The summed E-state index contributed by atoms with van der Waals surface area (Å²) < 4.78 is 0. The molecule has 0 saturated heterocycles. The molecular formula is C12H17N3O2S. The smallest absolute Gasteiger partial charge is 0.315 e. The Balaban J connectivity index is 1.71. The minimum atomic E-state index is -0.198. The van der Waals surface area contributed by atoms with Crippen molar-refractivity contribution in [3.8, 4) is 0 Å². The normalized spacial score (nSPS) is 22.1. The van der Waals surface area contributed by atoms with Crippen LogP contribution < -0.4 is 10.6 Å². The molecule has 3 N–H and O–H groups in total. The molecule has 0 radical (unpaired) electrons. The summed E-state index contributed by atoms with van der Waals surface area (Å²) >= 11 is 1.58. The zero-order valence-electron chi connectivity index (χ0n) is 10.2. The molecule has 98 valence electrons. The molecule has 5 nitrogen and oxygen atoms in total. The first kappa shape index (κ1) is 13.0. The van der Waals surface area contributed by atoms with Gasteiger partial charge in [0.15, 0.2) is 0 Å². The van der Waals surface area contributed by atoms with E-state index >= 15 is 0 Å². The van der Waals surface area contributed by atoms with E-state index in [-0.39, 0.29) is 24.6 Å². The summed E-state index contributed by atoms with van der Waals surface area (Å²) in [4.78, 5) is 16.9. The number of nitrogens with zero attached hydrogens (tertiary/aromatic N) is 1. The number of carbonyl (C=O) groups is 1. The van der Waals surface area contributed by atoms with Crippen molar-refractivity contribution in [1.82, 2.24) is 15.6 Å². The van der Waals surface area contributed by atoms with Crippen molar-refractivity contribution in [3.63, 3.8) is 0 Å². The highest BCUT2D eigenvalue weighted by molar-refractivity contribution is 7.11. The van der Waals surface area contributed by atoms with E-state index in [0.29, 0.717) is 6.54 Å². The molecule has 0 saturated carbocycles. The molecule has 2 rings (SSSR count). The highest BCUT2D eigenvalue weighted by Crippen LogP contribution is 2.16. The van der Waals surface area contributed by atoms with Crippen LogP contribution in [0.15, 0.2) is 18.3 Å². The zero-order chi connectivity index (χ0) is 13.0. The van der Waals surface area contributed by atoms with Gasteiger partial charge in [-0.05, 0) is 13.3 Å². The number of urea groups is 1. The summed E-state index contributed by atoms with van der Waals surface area (Å²) in [5.41, 5.74) is 0. The molecular weight excluding hydrogens is 250 g/mol. The van der Waals surface area contributed by atoms with Gasteiger partial charge in [-0.25, -0.2) is 9.78 Å². The van der Waals surface area contributed by atoms with Crippen molar-refractivity contribution in [1.29, 1.82) is 0 Å². The Bertz CT molecular complexity index is 444. The lowest BCUT2D eigenvalue weighted by Gasteiger charge is -2.13. The Morgan fingerprint density at radius 2 is 2.44 bits per heavy atom. The Morgan fingerprint density at radius 3 is 3.06 bits per heavy atom. The highest BCUT2D eigenvalue weighted by Gasteiger charge is 2.19. The third kappa shape index (κ3) is 3.54. The number of hydrogen-bond acceptors (Lipinski definition) is 4. The van der Waals surface area contributed by atoms with Crippen LogP contribution in [0, 0.1) is 12.8 Å². The second kappa shape index (κ2) is 5.97. The predicted octanol–water partition coefficient (Wildman–Crippen LogP) is 1.19. The van der Waals surface area contributed by atoms with Crippen LogP contribution in [-0.4, -0.2) is 28.8 Å². The average Bonchev–Trinajstić information content (AvgIpc) is 2.95. The maximum atomic E-state index is 11.6. The van der Waals surface area contributed by atoms with Gasteiger partial charge in [0.05, 0.1) is 6.54 Å². The summed E-state index contributed by atoms with van der Waals surface area (Å²) in [6, 6.07) is -0.184. The van der Waals surface area contributed by atoms with Crippen molar-refractivity contribution >= 4 is 17.4 Å². The van der Waals surface area contributed by atoms with Gasteiger partial charge in [0.2, 0.25) is 0 Å². The van der Waals surface area contributed by atoms with Crippen LogP contribution >= 0.6 is 11.3 Å². The largest absolute Gasteiger partial charge is 0.396 e. The molecule has 0 bridgehead atoms. The molecule has 2 atom stereocenters. The lowest BCUT2D eigenvalue weighted by atomic mass is 10.1. The number of amides is 2. The minimum absolute atomic E-state index is 0.0141. The Kier molecular flexibility index (Phi) is 4.33. The molecule has 0 aliphatic heterocycles. The van der Waals surface area contributed by atoms with E-state index in [9.17, 15) is 4.79 Å². The number of nitrogens with one attached hydrogen (secondary N) is 2. The summed E-state index contributed by atoms with van der Waals surface area (Å²) in [7, 11) is 0.